The zero-order chi connectivity index (χ0) is 20.2. The summed E-state index contributed by atoms with van der Waals surface area (Å²) in [5.74, 6) is -0.0215. The first kappa shape index (κ1) is 19.6. The van der Waals surface area contributed by atoms with Crippen LogP contribution in [0.25, 0.3) is 22.0 Å². The third kappa shape index (κ3) is 4.51. The average molecular weight is 410 g/mol. The number of fused-ring (bicyclic) bond motifs is 1. The maximum Gasteiger partial charge on any atom is 0.274 e. The number of amides is 1. The van der Waals surface area contributed by atoms with Crippen LogP contribution in [0, 0.1) is 0 Å². The van der Waals surface area contributed by atoms with Crippen molar-refractivity contribution >= 4 is 28.3 Å². The van der Waals surface area contributed by atoms with Crippen LogP contribution in [0.15, 0.2) is 53.3 Å². The lowest BCUT2D eigenvalue weighted by Crippen LogP contribution is -2.37. The van der Waals surface area contributed by atoms with E-state index in [1.54, 1.807) is 18.2 Å². The summed E-state index contributed by atoms with van der Waals surface area (Å²) in [4.78, 5) is 25.3. The number of carbonyl (C=O) groups is 1. The second-order valence-electron chi connectivity index (χ2n) is 7.58. The molecule has 5 nitrogen and oxygen atoms in total. The Morgan fingerprint density at radius 2 is 1.72 bits per heavy atom. The Balaban J connectivity index is 1.60. The summed E-state index contributed by atoms with van der Waals surface area (Å²) in [5, 5.41) is 9.74. The molecule has 6 heteroatoms. The molecule has 1 saturated carbocycles. The van der Waals surface area contributed by atoms with Crippen LogP contribution < -0.4 is 10.9 Å². The molecule has 29 heavy (non-hydrogen) atoms. The number of hydrogen-bond acceptors (Lipinski definition) is 3. The summed E-state index contributed by atoms with van der Waals surface area (Å²) in [5.41, 5.74) is 1.42. The molecule has 1 heterocycles. The highest BCUT2D eigenvalue weighted by atomic mass is 35.5. The predicted molar refractivity (Wildman–Crippen MR) is 116 cm³/mol. The molecule has 0 spiro atoms. The van der Waals surface area contributed by atoms with E-state index >= 15 is 0 Å². The molecule has 1 fully saturated rings. The van der Waals surface area contributed by atoms with E-state index in [1.165, 1.54) is 23.9 Å². The van der Waals surface area contributed by atoms with Crippen molar-refractivity contribution in [1.82, 2.24) is 15.1 Å². The van der Waals surface area contributed by atoms with Gasteiger partial charge in [-0.1, -0.05) is 61.2 Å². The third-order valence-electron chi connectivity index (χ3n) is 5.51. The van der Waals surface area contributed by atoms with Crippen LogP contribution in [0.3, 0.4) is 0 Å². The number of rotatable bonds is 5. The molecule has 0 unspecified atom stereocenters. The molecule has 3 aromatic rings. The topological polar surface area (TPSA) is 64.0 Å². The molecule has 4 rings (SSSR count). The van der Waals surface area contributed by atoms with Crippen molar-refractivity contribution in [3.05, 3.63) is 63.9 Å². The fourth-order valence-corrected chi connectivity index (χ4v) is 4.09. The second kappa shape index (κ2) is 8.78. The molecule has 0 bridgehead atoms. The van der Waals surface area contributed by atoms with Gasteiger partial charge in [0.15, 0.2) is 0 Å². The number of halogens is 1. The molecule has 1 N–H and O–H groups in total. The van der Waals surface area contributed by atoms with E-state index < -0.39 is 0 Å². The van der Waals surface area contributed by atoms with Gasteiger partial charge in [0.2, 0.25) is 5.91 Å². The Labute approximate surface area is 174 Å². The van der Waals surface area contributed by atoms with Crippen molar-refractivity contribution in [2.24, 2.45) is 0 Å². The van der Waals surface area contributed by atoms with Gasteiger partial charge >= 0.3 is 0 Å². The summed E-state index contributed by atoms with van der Waals surface area (Å²) in [6, 6.07) is 15.1. The van der Waals surface area contributed by atoms with Crippen LogP contribution in [-0.2, 0) is 11.3 Å². The van der Waals surface area contributed by atoms with Gasteiger partial charge < -0.3 is 5.32 Å². The molecular weight excluding hydrogens is 386 g/mol. The standard InChI is InChI=1S/C23H24ClN3O2/c24-17-12-10-16(11-13-17)22-19-8-4-5-9-20(19)23(29)27(26-22)15-14-21(28)25-18-6-2-1-3-7-18/h4-5,8-13,18H,1-3,6-7,14-15H2,(H,25,28). The first-order chi connectivity index (χ1) is 14.1. The minimum atomic E-state index is -0.177. The van der Waals surface area contributed by atoms with Gasteiger partial charge in [-0.2, -0.15) is 5.10 Å². The first-order valence-electron chi connectivity index (χ1n) is 10.2. The van der Waals surface area contributed by atoms with Crippen molar-refractivity contribution in [1.29, 1.82) is 0 Å². The predicted octanol–water partition coefficient (Wildman–Crippen LogP) is 4.56. The maximum absolute atomic E-state index is 12.9. The SMILES string of the molecule is O=C(CCn1nc(-c2ccc(Cl)cc2)c2ccccc2c1=O)NC1CCCCC1. The van der Waals surface area contributed by atoms with E-state index in [9.17, 15) is 9.59 Å². The van der Waals surface area contributed by atoms with Crippen LogP contribution in [0.2, 0.25) is 5.02 Å². The summed E-state index contributed by atoms with van der Waals surface area (Å²) >= 11 is 6.02. The zero-order valence-electron chi connectivity index (χ0n) is 16.2. The Kier molecular flexibility index (Phi) is 5.95. The van der Waals surface area contributed by atoms with Crippen LogP contribution >= 0.6 is 11.6 Å². The monoisotopic (exact) mass is 409 g/mol. The smallest absolute Gasteiger partial charge is 0.274 e. The van der Waals surface area contributed by atoms with E-state index in [1.807, 2.05) is 30.3 Å². The number of benzene rings is 2. The van der Waals surface area contributed by atoms with Gasteiger partial charge in [0.05, 0.1) is 17.6 Å². The Morgan fingerprint density at radius 1 is 1.03 bits per heavy atom. The molecule has 150 valence electrons. The minimum absolute atomic E-state index is 0.0215. The van der Waals surface area contributed by atoms with Crippen molar-refractivity contribution in [3.8, 4) is 11.3 Å². The number of aromatic nitrogens is 2. The van der Waals surface area contributed by atoms with E-state index in [0.717, 1.165) is 23.8 Å². The number of aryl methyl sites for hydroxylation is 1. The second-order valence-corrected chi connectivity index (χ2v) is 8.02. The highest BCUT2D eigenvalue weighted by Gasteiger charge is 2.17. The highest BCUT2D eigenvalue weighted by molar-refractivity contribution is 6.30. The molecule has 0 atom stereocenters. The van der Waals surface area contributed by atoms with E-state index in [4.69, 9.17) is 11.6 Å². The lowest BCUT2D eigenvalue weighted by molar-refractivity contribution is -0.122. The van der Waals surface area contributed by atoms with Crippen LogP contribution in [0.5, 0.6) is 0 Å². The molecule has 2 aromatic carbocycles. The molecule has 1 aliphatic rings. The minimum Gasteiger partial charge on any atom is -0.353 e. The molecule has 0 radical (unpaired) electrons. The molecule has 1 aliphatic carbocycles. The van der Waals surface area contributed by atoms with Gasteiger partial charge in [0.25, 0.3) is 5.56 Å². The van der Waals surface area contributed by atoms with Gasteiger partial charge in [-0.05, 0) is 31.0 Å². The van der Waals surface area contributed by atoms with E-state index in [2.05, 4.69) is 10.4 Å². The lowest BCUT2D eigenvalue weighted by Gasteiger charge is -2.22. The molecule has 1 aromatic heterocycles. The fraction of sp³-hybridized carbons (Fsp3) is 0.348. The van der Waals surface area contributed by atoms with Crippen molar-refractivity contribution in [2.75, 3.05) is 0 Å². The van der Waals surface area contributed by atoms with Gasteiger partial charge in [0.1, 0.15) is 0 Å². The number of hydrogen-bond donors (Lipinski definition) is 1. The number of carbonyl (C=O) groups excluding carboxylic acids is 1. The lowest BCUT2D eigenvalue weighted by atomic mass is 9.95. The zero-order valence-corrected chi connectivity index (χ0v) is 17.0. The van der Waals surface area contributed by atoms with E-state index in [-0.39, 0.29) is 30.5 Å². The van der Waals surface area contributed by atoms with Crippen molar-refractivity contribution < 1.29 is 4.79 Å². The molecular formula is C23H24ClN3O2. The summed E-state index contributed by atoms with van der Waals surface area (Å²) in [6.07, 6.45) is 5.90. The largest absolute Gasteiger partial charge is 0.353 e. The Morgan fingerprint density at radius 3 is 2.45 bits per heavy atom. The summed E-state index contributed by atoms with van der Waals surface area (Å²) in [6.45, 7) is 0.253. The Hall–Kier alpha value is -2.66. The fourth-order valence-electron chi connectivity index (χ4n) is 3.96. The molecule has 0 saturated heterocycles. The van der Waals surface area contributed by atoms with Gasteiger partial charge in [-0.25, -0.2) is 4.68 Å². The normalized spacial score (nSPS) is 14.8. The maximum atomic E-state index is 12.9. The van der Waals surface area contributed by atoms with Crippen molar-refractivity contribution in [3.63, 3.8) is 0 Å². The third-order valence-corrected chi connectivity index (χ3v) is 5.76. The van der Waals surface area contributed by atoms with Crippen LogP contribution in [0.4, 0.5) is 0 Å². The van der Waals surface area contributed by atoms with Crippen LogP contribution in [0.1, 0.15) is 38.5 Å². The van der Waals surface area contributed by atoms with Gasteiger partial charge in [0, 0.05) is 28.4 Å². The summed E-state index contributed by atoms with van der Waals surface area (Å²) in [7, 11) is 0. The van der Waals surface area contributed by atoms with E-state index in [0.29, 0.717) is 16.1 Å². The number of nitrogens with one attached hydrogen (secondary N) is 1. The Bertz CT molecular complexity index is 1070. The average Bonchev–Trinajstić information content (AvgIpc) is 2.75. The highest BCUT2D eigenvalue weighted by Crippen LogP contribution is 2.26. The molecule has 1 amide bonds. The first-order valence-corrected chi connectivity index (χ1v) is 10.5. The van der Waals surface area contributed by atoms with Crippen molar-refractivity contribution in [2.45, 2.75) is 51.1 Å². The van der Waals surface area contributed by atoms with Gasteiger partial charge in [-0.3, -0.25) is 9.59 Å². The molecule has 0 aliphatic heterocycles. The quantitative estimate of drug-likeness (QED) is 0.672. The summed E-state index contributed by atoms with van der Waals surface area (Å²) < 4.78 is 1.41. The van der Waals surface area contributed by atoms with Crippen LogP contribution in [-0.4, -0.2) is 21.7 Å². The van der Waals surface area contributed by atoms with Gasteiger partial charge in [-0.15, -0.1) is 0 Å². The number of nitrogens with zero attached hydrogens (tertiary/aromatic N) is 2.